The summed E-state index contributed by atoms with van der Waals surface area (Å²) in [6.07, 6.45) is 0. The molecule has 0 saturated carbocycles. The number of nitrogens with zero attached hydrogens (tertiary/aromatic N) is 1. The van der Waals surface area contributed by atoms with E-state index in [1.165, 1.54) is 0 Å². The SMILES string of the molecule is CN(C)[C@H](C(N)=O)C(C)(C)C. The molecular formula is C8H18N2O. The first-order chi connectivity index (χ1) is 4.76. The van der Waals surface area contributed by atoms with Crippen molar-refractivity contribution in [1.29, 1.82) is 0 Å². The lowest BCUT2D eigenvalue weighted by Crippen LogP contribution is -2.48. The normalized spacial score (nSPS) is 15.1. The van der Waals surface area contributed by atoms with Gasteiger partial charge < -0.3 is 5.73 Å². The molecule has 0 radical (unpaired) electrons. The molecule has 0 bridgehead atoms. The van der Waals surface area contributed by atoms with E-state index in [0.29, 0.717) is 0 Å². The average Bonchev–Trinajstić information content (AvgIpc) is 1.54. The predicted molar refractivity (Wildman–Crippen MR) is 46.1 cm³/mol. The molecule has 0 aliphatic rings. The quantitative estimate of drug-likeness (QED) is 0.634. The maximum Gasteiger partial charge on any atom is 0.235 e. The molecule has 66 valence electrons. The number of nitrogens with two attached hydrogens (primary N) is 1. The first-order valence-electron chi connectivity index (χ1n) is 3.72. The van der Waals surface area contributed by atoms with Gasteiger partial charge in [0, 0.05) is 0 Å². The maximum absolute atomic E-state index is 11.0. The molecule has 0 fully saturated rings. The highest BCUT2D eigenvalue weighted by Crippen LogP contribution is 2.21. The fraction of sp³-hybridized carbons (Fsp3) is 0.875. The van der Waals surface area contributed by atoms with Crippen LogP contribution in [0.25, 0.3) is 0 Å². The Kier molecular flexibility index (Phi) is 3.05. The van der Waals surface area contributed by atoms with Crippen molar-refractivity contribution in [3.63, 3.8) is 0 Å². The van der Waals surface area contributed by atoms with Crippen LogP contribution >= 0.6 is 0 Å². The monoisotopic (exact) mass is 158 g/mol. The summed E-state index contributed by atoms with van der Waals surface area (Å²) in [5.41, 5.74) is 5.16. The van der Waals surface area contributed by atoms with Crippen LogP contribution in [0, 0.1) is 5.41 Å². The molecule has 3 nitrogen and oxygen atoms in total. The van der Waals surface area contributed by atoms with Crippen molar-refractivity contribution >= 4 is 5.91 Å². The Morgan fingerprint density at radius 2 is 1.73 bits per heavy atom. The van der Waals surface area contributed by atoms with E-state index >= 15 is 0 Å². The Hall–Kier alpha value is -0.570. The van der Waals surface area contributed by atoms with Crippen molar-refractivity contribution in [2.45, 2.75) is 26.8 Å². The third-order valence-corrected chi connectivity index (χ3v) is 1.61. The van der Waals surface area contributed by atoms with Gasteiger partial charge in [-0.1, -0.05) is 20.8 Å². The smallest absolute Gasteiger partial charge is 0.235 e. The number of carbonyl (C=O) groups excluding carboxylic acids is 1. The van der Waals surface area contributed by atoms with Crippen molar-refractivity contribution in [1.82, 2.24) is 4.90 Å². The third kappa shape index (κ3) is 2.89. The van der Waals surface area contributed by atoms with Gasteiger partial charge in [-0.3, -0.25) is 9.69 Å². The van der Waals surface area contributed by atoms with Crippen LogP contribution in [0.1, 0.15) is 20.8 Å². The summed E-state index contributed by atoms with van der Waals surface area (Å²) in [6, 6.07) is -0.192. The van der Waals surface area contributed by atoms with Gasteiger partial charge in [0.05, 0.1) is 6.04 Å². The largest absolute Gasteiger partial charge is 0.368 e. The van der Waals surface area contributed by atoms with Gasteiger partial charge in [-0.15, -0.1) is 0 Å². The minimum Gasteiger partial charge on any atom is -0.368 e. The second-order valence-electron chi connectivity index (χ2n) is 4.13. The van der Waals surface area contributed by atoms with Crippen LogP contribution < -0.4 is 5.73 Å². The van der Waals surface area contributed by atoms with Crippen molar-refractivity contribution in [2.24, 2.45) is 11.1 Å². The fourth-order valence-corrected chi connectivity index (χ4v) is 1.46. The summed E-state index contributed by atoms with van der Waals surface area (Å²) < 4.78 is 0. The molecule has 0 aromatic rings. The fourth-order valence-electron chi connectivity index (χ4n) is 1.46. The van der Waals surface area contributed by atoms with Crippen molar-refractivity contribution in [3.05, 3.63) is 0 Å². The highest BCUT2D eigenvalue weighted by molar-refractivity contribution is 5.80. The molecule has 0 aromatic heterocycles. The van der Waals surface area contributed by atoms with E-state index in [0.717, 1.165) is 0 Å². The van der Waals surface area contributed by atoms with Gasteiger partial charge in [0.1, 0.15) is 0 Å². The first kappa shape index (κ1) is 10.4. The molecule has 3 heteroatoms. The number of carbonyl (C=O) groups is 1. The Labute approximate surface area is 68.6 Å². The van der Waals surface area contributed by atoms with Gasteiger partial charge in [-0.2, -0.15) is 0 Å². The number of primary amides is 1. The Balaban J connectivity index is 4.49. The van der Waals surface area contributed by atoms with Crippen LogP contribution in [0.2, 0.25) is 0 Å². The predicted octanol–water partition coefficient (Wildman–Crippen LogP) is 0.448. The highest BCUT2D eigenvalue weighted by atomic mass is 16.1. The van der Waals surface area contributed by atoms with E-state index in [2.05, 4.69) is 0 Å². The number of hydrogen-bond acceptors (Lipinski definition) is 2. The van der Waals surface area contributed by atoms with Crippen LogP contribution in [0.3, 0.4) is 0 Å². The van der Waals surface area contributed by atoms with Crippen molar-refractivity contribution in [2.75, 3.05) is 14.1 Å². The van der Waals surface area contributed by atoms with Crippen LogP contribution in [0.15, 0.2) is 0 Å². The molecule has 11 heavy (non-hydrogen) atoms. The van der Waals surface area contributed by atoms with Crippen molar-refractivity contribution in [3.8, 4) is 0 Å². The van der Waals surface area contributed by atoms with Gasteiger partial charge in [-0.05, 0) is 19.5 Å². The van der Waals surface area contributed by atoms with Gasteiger partial charge in [0.15, 0.2) is 0 Å². The van der Waals surface area contributed by atoms with Gasteiger partial charge in [0.2, 0.25) is 5.91 Å². The lowest BCUT2D eigenvalue weighted by molar-refractivity contribution is -0.125. The van der Waals surface area contributed by atoms with E-state index in [1.54, 1.807) is 0 Å². The average molecular weight is 158 g/mol. The summed E-state index contributed by atoms with van der Waals surface area (Å²) in [5.74, 6) is -0.262. The Morgan fingerprint density at radius 3 is 1.73 bits per heavy atom. The zero-order chi connectivity index (χ0) is 9.23. The second-order valence-corrected chi connectivity index (χ2v) is 4.13. The Morgan fingerprint density at radius 1 is 1.36 bits per heavy atom. The third-order valence-electron chi connectivity index (χ3n) is 1.61. The highest BCUT2D eigenvalue weighted by Gasteiger charge is 2.30. The minimum absolute atomic E-state index is 0.0880. The Bertz CT molecular complexity index is 147. The van der Waals surface area contributed by atoms with Crippen LogP contribution in [0.5, 0.6) is 0 Å². The molecule has 0 spiro atoms. The van der Waals surface area contributed by atoms with E-state index in [9.17, 15) is 4.79 Å². The minimum atomic E-state index is -0.262. The summed E-state index contributed by atoms with van der Waals surface area (Å²) in [4.78, 5) is 12.8. The van der Waals surface area contributed by atoms with Gasteiger partial charge in [0.25, 0.3) is 0 Å². The lowest BCUT2D eigenvalue weighted by atomic mass is 9.85. The van der Waals surface area contributed by atoms with E-state index in [4.69, 9.17) is 5.73 Å². The molecule has 0 heterocycles. The van der Waals surface area contributed by atoms with E-state index < -0.39 is 0 Å². The molecule has 2 N–H and O–H groups in total. The van der Waals surface area contributed by atoms with Gasteiger partial charge in [-0.25, -0.2) is 0 Å². The summed E-state index contributed by atoms with van der Waals surface area (Å²) in [7, 11) is 3.72. The molecule has 0 unspecified atom stereocenters. The zero-order valence-electron chi connectivity index (χ0n) is 8.01. The molecular weight excluding hydrogens is 140 g/mol. The van der Waals surface area contributed by atoms with Gasteiger partial charge >= 0.3 is 0 Å². The molecule has 0 aromatic carbocycles. The van der Waals surface area contributed by atoms with Crippen LogP contribution in [-0.4, -0.2) is 30.9 Å². The zero-order valence-corrected chi connectivity index (χ0v) is 8.01. The molecule has 1 atom stereocenters. The van der Waals surface area contributed by atoms with Crippen LogP contribution in [-0.2, 0) is 4.79 Å². The molecule has 0 aliphatic carbocycles. The summed E-state index contributed by atoms with van der Waals surface area (Å²) in [5, 5.41) is 0. The summed E-state index contributed by atoms with van der Waals surface area (Å²) >= 11 is 0. The number of amides is 1. The van der Waals surface area contributed by atoms with Crippen LogP contribution in [0.4, 0.5) is 0 Å². The lowest BCUT2D eigenvalue weighted by Gasteiger charge is -2.33. The molecule has 1 amide bonds. The van der Waals surface area contributed by atoms with Crippen molar-refractivity contribution < 1.29 is 4.79 Å². The number of rotatable bonds is 2. The number of likely N-dealkylation sites (N-methyl/N-ethyl adjacent to an activating group) is 1. The standard InChI is InChI=1S/C8H18N2O/c1-8(2,3)6(7(9)11)10(4)5/h6H,1-5H3,(H2,9,11)/t6-/m1/s1. The molecule has 0 rings (SSSR count). The topological polar surface area (TPSA) is 46.3 Å². The first-order valence-corrected chi connectivity index (χ1v) is 3.72. The summed E-state index contributed by atoms with van der Waals surface area (Å²) in [6.45, 7) is 6.01. The van der Waals surface area contributed by atoms with E-state index in [1.807, 2.05) is 39.8 Å². The second kappa shape index (κ2) is 3.22. The molecule has 0 saturated heterocycles. The maximum atomic E-state index is 11.0. The number of hydrogen-bond donors (Lipinski definition) is 1. The molecule has 0 aliphatic heterocycles. The van der Waals surface area contributed by atoms with E-state index in [-0.39, 0.29) is 17.4 Å².